The van der Waals surface area contributed by atoms with Gasteiger partial charge in [0.05, 0.1) is 6.04 Å². The second-order valence-electron chi connectivity index (χ2n) is 4.20. The highest BCUT2D eigenvalue weighted by Gasteiger charge is 2.29. The first-order chi connectivity index (χ1) is 7.72. The number of nitrogens with zero attached hydrogens (tertiary/aromatic N) is 1. The largest absolute Gasteiger partial charge is 0.508 e. The van der Waals surface area contributed by atoms with Gasteiger partial charge in [0.25, 0.3) is 0 Å². The number of carbonyl (C=O) groups is 1. The van der Waals surface area contributed by atoms with E-state index in [1.165, 1.54) is 0 Å². The van der Waals surface area contributed by atoms with Gasteiger partial charge in [-0.05, 0) is 37.2 Å². The van der Waals surface area contributed by atoms with Crippen LogP contribution in [-0.2, 0) is 4.79 Å². The zero-order chi connectivity index (χ0) is 11.5. The molecule has 1 heterocycles. The van der Waals surface area contributed by atoms with Crippen molar-refractivity contribution in [3.05, 3.63) is 29.8 Å². The normalized spacial score (nSPS) is 22.3. The van der Waals surface area contributed by atoms with Gasteiger partial charge in [-0.1, -0.05) is 19.1 Å². The minimum Gasteiger partial charge on any atom is -0.508 e. The van der Waals surface area contributed by atoms with E-state index in [1.807, 2.05) is 6.07 Å². The van der Waals surface area contributed by atoms with E-state index in [1.54, 1.807) is 18.2 Å². The Hall–Kier alpha value is -1.35. The van der Waals surface area contributed by atoms with Crippen molar-refractivity contribution in [1.29, 1.82) is 0 Å². The van der Waals surface area contributed by atoms with Crippen LogP contribution >= 0.6 is 0 Å². The Bertz CT molecular complexity index is 389. The second kappa shape index (κ2) is 4.66. The molecular formula is C13H17NO2. The highest BCUT2D eigenvalue weighted by Crippen LogP contribution is 2.29. The summed E-state index contributed by atoms with van der Waals surface area (Å²) in [4.78, 5) is 14.1. The molecule has 16 heavy (non-hydrogen) atoms. The van der Waals surface area contributed by atoms with Crippen molar-refractivity contribution in [2.75, 3.05) is 13.1 Å². The molecular weight excluding hydrogens is 202 g/mol. The van der Waals surface area contributed by atoms with Crippen LogP contribution < -0.4 is 0 Å². The number of rotatable bonds is 2. The number of benzene rings is 1. The standard InChI is InChI=1S/C13H17NO2/c1-2-14-8-4-7-12(16)13(14)10-5-3-6-11(15)9-10/h3,5-6,9,13,15H,2,4,7-8H2,1H3. The molecule has 2 rings (SSSR count). The summed E-state index contributed by atoms with van der Waals surface area (Å²) in [7, 11) is 0. The zero-order valence-corrected chi connectivity index (χ0v) is 9.52. The van der Waals surface area contributed by atoms with Crippen molar-refractivity contribution < 1.29 is 9.90 Å². The van der Waals surface area contributed by atoms with Crippen LogP contribution in [0.25, 0.3) is 0 Å². The average molecular weight is 219 g/mol. The van der Waals surface area contributed by atoms with E-state index in [-0.39, 0.29) is 17.6 Å². The van der Waals surface area contributed by atoms with Gasteiger partial charge >= 0.3 is 0 Å². The number of aromatic hydroxyl groups is 1. The molecule has 1 fully saturated rings. The molecule has 86 valence electrons. The zero-order valence-electron chi connectivity index (χ0n) is 9.52. The molecule has 1 unspecified atom stereocenters. The van der Waals surface area contributed by atoms with Gasteiger partial charge in [-0.15, -0.1) is 0 Å². The molecule has 0 radical (unpaired) electrons. The van der Waals surface area contributed by atoms with Crippen molar-refractivity contribution in [2.24, 2.45) is 0 Å². The molecule has 0 amide bonds. The molecule has 0 aromatic heterocycles. The molecule has 0 saturated carbocycles. The number of carbonyl (C=O) groups excluding carboxylic acids is 1. The lowest BCUT2D eigenvalue weighted by Crippen LogP contribution is -2.38. The summed E-state index contributed by atoms with van der Waals surface area (Å²) in [6.45, 7) is 3.89. The predicted octanol–water partition coefficient (Wildman–Crippen LogP) is 2.12. The second-order valence-corrected chi connectivity index (χ2v) is 4.20. The molecule has 1 aliphatic rings. The fourth-order valence-electron chi connectivity index (χ4n) is 2.36. The van der Waals surface area contributed by atoms with Crippen LogP contribution in [-0.4, -0.2) is 28.9 Å². The third kappa shape index (κ3) is 2.09. The van der Waals surface area contributed by atoms with E-state index in [0.717, 1.165) is 25.1 Å². The summed E-state index contributed by atoms with van der Waals surface area (Å²) in [6, 6.07) is 6.87. The van der Waals surface area contributed by atoms with Gasteiger partial charge in [-0.25, -0.2) is 0 Å². The van der Waals surface area contributed by atoms with E-state index in [9.17, 15) is 9.90 Å². The average Bonchev–Trinajstić information content (AvgIpc) is 2.28. The predicted molar refractivity (Wildman–Crippen MR) is 62.3 cm³/mol. The number of phenols is 1. The fourth-order valence-corrected chi connectivity index (χ4v) is 2.36. The van der Waals surface area contributed by atoms with Gasteiger partial charge in [0.15, 0.2) is 5.78 Å². The molecule has 0 bridgehead atoms. The monoisotopic (exact) mass is 219 g/mol. The first kappa shape index (κ1) is 11.1. The van der Waals surface area contributed by atoms with Gasteiger partial charge in [-0.2, -0.15) is 0 Å². The quantitative estimate of drug-likeness (QED) is 0.828. The molecule has 3 heteroatoms. The summed E-state index contributed by atoms with van der Waals surface area (Å²) in [5.74, 6) is 0.491. The minimum absolute atomic E-state index is 0.161. The summed E-state index contributed by atoms with van der Waals surface area (Å²) in [5, 5.41) is 9.46. The summed E-state index contributed by atoms with van der Waals surface area (Å²) in [6.07, 6.45) is 1.60. The Morgan fingerprint density at radius 3 is 3.00 bits per heavy atom. The van der Waals surface area contributed by atoms with Gasteiger partial charge in [0.2, 0.25) is 0 Å². The number of piperidine rings is 1. The number of hydrogen-bond donors (Lipinski definition) is 1. The van der Waals surface area contributed by atoms with Gasteiger partial charge in [0, 0.05) is 6.42 Å². The molecule has 0 spiro atoms. The van der Waals surface area contributed by atoms with E-state index in [2.05, 4.69) is 11.8 Å². The molecule has 1 N–H and O–H groups in total. The number of ketones is 1. The summed E-state index contributed by atoms with van der Waals surface area (Å²) in [5.41, 5.74) is 0.909. The minimum atomic E-state index is -0.161. The van der Waals surface area contributed by atoms with Crippen LogP contribution in [0.5, 0.6) is 5.75 Å². The van der Waals surface area contributed by atoms with Crippen LogP contribution in [0, 0.1) is 0 Å². The Labute approximate surface area is 95.7 Å². The Kier molecular flexibility index (Phi) is 3.25. The molecule has 1 aromatic rings. The number of phenolic OH excluding ortho intramolecular Hbond substituents is 1. The number of Topliss-reactive ketones (excluding diaryl/α,β-unsaturated/α-hetero) is 1. The van der Waals surface area contributed by atoms with Gasteiger partial charge in [-0.3, -0.25) is 9.69 Å². The Balaban J connectivity index is 2.31. The third-order valence-electron chi connectivity index (χ3n) is 3.13. The van der Waals surface area contributed by atoms with Crippen molar-refractivity contribution >= 4 is 5.78 Å². The van der Waals surface area contributed by atoms with Gasteiger partial charge < -0.3 is 5.11 Å². The molecule has 1 saturated heterocycles. The van der Waals surface area contributed by atoms with Crippen molar-refractivity contribution in [1.82, 2.24) is 4.90 Å². The van der Waals surface area contributed by atoms with Crippen LogP contribution in [0.15, 0.2) is 24.3 Å². The fraction of sp³-hybridized carbons (Fsp3) is 0.462. The first-order valence-corrected chi connectivity index (χ1v) is 5.78. The molecule has 0 aliphatic carbocycles. The first-order valence-electron chi connectivity index (χ1n) is 5.78. The maximum Gasteiger partial charge on any atom is 0.154 e. The van der Waals surface area contributed by atoms with Crippen LogP contribution in [0.2, 0.25) is 0 Å². The van der Waals surface area contributed by atoms with Crippen molar-refractivity contribution in [3.63, 3.8) is 0 Å². The van der Waals surface area contributed by atoms with Crippen LogP contribution in [0.3, 0.4) is 0 Å². The lowest BCUT2D eigenvalue weighted by Gasteiger charge is -2.33. The lowest BCUT2D eigenvalue weighted by atomic mass is 9.94. The SMILES string of the molecule is CCN1CCCC(=O)C1c1cccc(O)c1. The third-order valence-corrected chi connectivity index (χ3v) is 3.13. The topological polar surface area (TPSA) is 40.5 Å². The van der Waals surface area contributed by atoms with Crippen LogP contribution in [0.4, 0.5) is 0 Å². The molecule has 1 aliphatic heterocycles. The van der Waals surface area contributed by atoms with Crippen molar-refractivity contribution in [2.45, 2.75) is 25.8 Å². The molecule has 3 nitrogen and oxygen atoms in total. The number of hydrogen-bond acceptors (Lipinski definition) is 3. The maximum absolute atomic E-state index is 12.0. The number of likely N-dealkylation sites (tertiary alicyclic amines) is 1. The van der Waals surface area contributed by atoms with E-state index in [0.29, 0.717) is 6.42 Å². The maximum atomic E-state index is 12.0. The van der Waals surface area contributed by atoms with E-state index < -0.39 is 0 Å². The molecule has 1 aromatic carbocycles. The van der Waals surface area contributed by atoms with Gasteiger partial charge in [0.1, 0.15) is 5.75 Å². The van der Waals surface area contributed by atoms with E-state index in [4.69, 9.17) is 0 Å². The smallest absolute Gasteiger partial charge is 0.154 e. The Morgan fingerprint density at radius 2 is 2.31 bits per heavy atom. The summed E-state index contributed by atoms with van der Waals surface area (Å²) < 4.78 is 0. The highest BCUT2D eigenvalue weighted by atomic mass is 16.3. The lowest BCUT2D eigenvalue weighted by molar-refractivity contribution is -0.127. The number of likely N-dealkylation sites (N-methyl/N-ethyl adjacent to an activating group) is 1. The van der Waals surface area contributed by atoms with E-state index >= 15 is 0 Å². The van der Waals surface area contributed by atoms with Crippen LogP contribution in [0.1, 0.15) is 31.4 Å². The summed E-state index contributed by atoms with van der Waals surface area (Å²) >= 11 is 0. The Morgan fingerprint density at radius 1 is 1.50 bits per heavy atom. The molecule has 1 atom stereocenters. The van der Waals surface area contributed by atoms with Crippen molar-refractivity contribution in [3.8, 4) is 5.75 Å². The highest BCUT2D eigenvalue weighted by molar-refractivity contribution is 5.86.